The molecule has 0 heterocycles. The second kappa shape index (κ2) is 7.80. The molecular formula is C37H30. The van der Waals surface area contributed by atoms with Crippen LogP contribution in [0.4, 0.5) is 0 Å². The summed E-state index contributed by atoms with van der Waals surface area (Å²) in [5.74, 6) is 1.07. The third kappa shape index (κ3) is 2.85. The molecule has 37 heavy (non-hydrogen) atoms. The Kier molecular flexibility index (Phi) is 4.47. The van der Waals surface area contributed by atoms with Gasteiger partial charge in [0.1, 0.15) is 0 Å². The summed E-state index contributed by atoms with van der Waals surface area (Å²) in [5.41, 5.74) is 14.6. The van der Waals surface area contributed by atoms with Crippen molar-refractivity contribution in [2.24, 2.45) is 0 Å². The van der Waals surface area contributed by atoms with Crippen LogP contribution < -0.4 is 0 Å². The van der Waals surface area contributed by atoms with Gasteiger partial charge in [0, 0.05) is 0 Å². The molecule has 8 rings (SSSR count). The Bertz CT molecular complexity index is 1800. The molecule has 3 aliphatic rings. The number of hydrogen-bond donors (Lipinski definition) is 0. The SMILES string of the molecule is CC1CC(C)c2c1c(-c1ccccc1)c1cc3c4c(cccc4c1c2-c1ccccc1)C1=C3CCC=C1. The van der Waals surface area contributed by atoms with Crippen molar-refractivity contribution in [2.75, 3.05) is 0 Å². The van der Waals surface area contributed by atoms with E-state index in [-0.39, 0.29) is 0 Å². The normalized spacial score (nSPS) is 19.6. The Morgan fingerprint density at radius 3 is 2.03 bits per heavy atom. The zero-order chi connectivity index (χ0) is 24.7. The van der Waals surface area contributed by atoms with Gasteiger partial charge >= 0.3 is 0 Å². The van der Waals surface area contributed by atoms with Crippen molar-refractivity contribution in [3.8, 4) is 22.3 Å². The highest BCUT2D eigenvalue weighted by atomic mass is 14.4. The summed E-state index contributed by atoms with van der Waals surface area (Å²) in [4.78, 5) is 0. The van der Waals surface area contributed by atoms with Crippen LogP contribution in [-0.4, -0.2) is 0 Å². The molecule has 0 radical (unpaired) electrons. The fourth-order valence-corrected chi connectivity index (χ4v) is 7.77. The van der Waals surface area contributed by atoms with Crippen LogP contribution in [0.15, 0.2) is 97.1 Å². The fourth-order valence-electron chi connectivity index (χ4n) is 7.77. The molecule has 0 saturated carbocycles. The predicted octanol–water partition coefficient (Wildman–Crippen LogP) is 10.5. The minimum Gasteiger partial charge on any atom is -0.0836 e. The number of hydrogen-bond acceptors (Lipinski definition) is 0. The Labute approximate surface area is 219 Å². The van der Waals surface area contributed by atoms with Crippen molar-refractivity contribution >= 4 is 32.7 Å². The van der Waals surface area contributed by atoms with Crippen LogP contribution >= 0.6 is 0 Å². The second-order valence-electron chi connectivity index (χ2n) is 11.3. The van der Waals surface area contributed by atoms with Crippen LogP contribution in [0.2, 0.25) is 0 Å². The van der Waals surface area contributed by atoms with E-state index >= 15 is 0 Å². The van der Waals surface area contributed by atoms with Gasteiger partial charge in [-0.2, -0.15) is 0 Å². The number of rotatable bonds is 2. The van der Waals surface area contributed by atoms with Gasteiger partial charge in [0.2, 0.25) is 0 Å². The second-order valence-corrected chi connectivity index (χ2v) is 11.3. The van der Waals surface area contributed by atoms with E-state index in [1.807, 2.05) is 0 Å². The predicted molar refractivity (Wildman–Crippen MR) is 159 cm³/mol. The van der Waals surface area contributed by atoms with Crippen molar-refractivity contribution in [1.29, 1.82) is 0 Å². The first kappa shape index (κ1) is 21.2. The van der Waals surface area contributed by atoms with E-state index in [1.165, 1.54) is 72.5 Å². The molecule has 0 spiro atoms. The maximum absolute atomic E-state index is 2.58. The maximum atomic E-state index is 2.58. The highest BCUT2D eigenvalue weighted by molar-refractivity contribution is 6.28. The Morgan fingerprint density at radius 2 is 1.30 bits per heavy atom. The molecule has 0 aromatic heterocycles. The molecule has 0 bridgehead atoms. The molecule has 5 aromatic rings. The summed E-state index contributed by atoms with van der Waals surface area (Å²) in [6.45, 7) is 4.89. The van der Waals surface area contributed by atoms with Gasteiger partial charge in [-0.25, -0.2) is 0 Å². The summed E-state index contributed by atoms with van der Waals surface area (Å²) in [7, 11) is 0. The largest absolute Gasteiger partial charge is 0.0836 e. The summed E-state index contributed by atoms with van der Waals surface area (Å²) >= 11 is 0. The van der Waals surface area contributed by atoms with Crippen LogP contribution in [0.5, 0.6) is 0 Å². The molecule has 3 aliphatic carbocycles. The average Bonchev–Trinajstić information content (AvgIpc) is 3.43. The van der Waals surface area contributed by atoms with Gasteiger partial charge in [0.25, 0.3) is 0 Å². The third-order valence-corrected chi connectivity index (χ3v) is 9.11. The maximum Gasteiger partial charge on any atom is -0.00168 e. The lowest BCUT2D eigenvalue weighted by Gasteiger charge is -2.24. The number of benzene rings is 5. The molecule has 0 aliphatic heterocycles. The van der Waals surface area contributed by atoms with Crippen LogP contribution in [0.3, 0.4) is 0 Å². The summed E-state index contributed by atoms with van der Waals surface area (Å²) in [6.07, 6.45) is 8.20. The monoisotopic (exact) mass is 474 g/mol. The van der Waals surface area contributed by atoms with E-state index < -0.39 is 0 Å². The number of fused-ring (bicyclic) bond motifs is 5. The zero-order valence-electron chi connectivity index (χ0n) is 21.5. The van der Waals surface area contributed by atoms with Gasteiger partial charge in [-0.05, 0) is 114 Å². The third-order valence-electron chi connectivity index (χ3n) is 9.11. The van der Waals surface area contributed by atoms with Gasteiger partial charge < -0.3 is 0 Å². The van der Waals surface area contributed by atoms with Crippen molar-refractivity contribution in [3.05, 3.63) is 119 Å². The molecule has 2 atom stereocenters. The van der Waals surface area contributed by atoms with E-state index in [2.05, 4.69) is 111 Å². The first-order chi connectivity index (χ1) is 18.2. The Balaban J connectivity index is 1.65. The fraction of sp³-hybridized carbons (Fsp3) is 0.189. The summed E-state index contributed by atoms with van der Waals surface area (Å²) < 4.78 is 0. The lowest BCUT2D eigenvalue weighted by atomic mass is 9.79. The first-order valence-electron chi connectivity index (χ1n) is 13.8. The molecule has 0 nitrogen and oxygen atoms in total. The molecule has 0 fully saturated rings. The van der Waals surface area contributed by atoms with Crippen LogP contribution in [0, 0.1) is 0 Å². The molecular weight excluding hydrogens is 444 g/mol. The Morgan fingerprint density at radius 1 is 0.622 bits per heavy atom. The Hall–Kier alpha value is -3.90. The van der Waals surface area contributed by atoms with Gasteiger partial charge in [-0.3, -0.25) is 0 Å². The first-order valence-corrected chi connectivity index (χ1v) is 13.8. The summed E-state index contributed by atoms with van der Waals surface area (Å²) in [6, 6.07) is 32.0. The summed E-state index contributed by atoms with van der Waals surface area (Å²) in [5, 5.41) is 5.74. The quantitative estimate of drug-likeness (QED) is 0.223. The molecule has 0 amide bonds. The van der Waals surface area contributed by atoms with Gasteiger partial charge in [0.15, 0.2) is 0 Å². The minimum absolute atomic E-state index is 0.532. The molecule has 0 heteroatoms. The van der Waals surface area contributed by atoms with Gasteiger partial charge in [-0.1, -0.05) is 105 Å². The molecule has 178 valence electrons. The van der Waals surface area contributed by atoms with Crippen LogP contribution in [0.25, 0.3) is 54.9 Å². The lowest BCUT2D eigenvalue weighted by molar-refractivity contribution is 0.662. The molecule has 0 saturated heterocycles. The minimum atomic E-state index is 0.532. The van der Waals surface area contributed by atoms with E-state index in [0.29, 0.717) is 11.8 Å². The smallest absolute Gasteiger partial charge is 0.00168 e. The number of allylic oxidation sites excluding steroid dienone is 4. The highest BCUT2D eigenvalue weighted by Crippen LogP contribution is 2.57. The molecule has 0 N–H and O–H groups in total. The standard InChI is InChI=1S/C37H30/c1-22-20-23(2)33-32(22)34(24-12-5-3-6-13-24)31-21-30-27-17-10-9-16-26(27)28-18-11-19-29(36(28)30)37(31)35(33)25-14-7-4-8-15-25/h3-9,11-16,18-19,21-23H,10,17,20H2,1-2H3. The lowest BCUT2D eigenvalue weighted by Crippen LogP contribution is -2.00. The van der Waals surface area contributed by atoms with Crippen LogP contribution in [0.1, 0.15) is 67.2 Å². The van der Waals surface area contributed by atoms with Crippen molar-refractivity contribution in [1.82, 2.24) is 0 Å². The topological polar surface area (TPSA) is 0 Å². The van der Waals surface area contributed by atoms with E-state index in [9.17, 15) is 0 Å². The van der Waals surface area contributed by atoms with Gasteiger partial charge in [-0.15, -0.1) is 0 Å². The van der Waals surface area contributed by atoms with Crippen molar-refractivity contribution < 1.29 is 0 Å². The zero-order valence-corrected chi connectivity index (χ0v) is 21.5. The van der Waals surface area contributed by atoms with E-state index in [0.717, 1.165) is 12.8 Å². The molecule has 5 aromatic carbocycles. The van der Waals surface area contributed by atoms with E-state index in [4.69, 9.17) is 0 Å². The van der Waals surface area contributed by atoms with E-state index in [1.54, 1.807) is 11.1 Å². The average molecular weight is 475 g/mol. The molecule has 2 unspecified atom stereocenters. The van der Waals surface area contributed by atoms with Crippen LogP contribution in [-0.2, 0) is 0 Å². The van der Waals surface area contributed by atoms with Crippen molar-refractivity contribution in [2.45, 2.75) is 44.9 Å². The highest BCUT2D eigenvalue weighted by Gasteiger charge is 2.35. The van der Waals surface area contributed by atoms with Crippen molar-refractivity contribution in [3.63, 3.8) is 0 Å². The van der Waals surface area contributed by atoms with Gasteiger partial charge in [0.05, 0.1) is 0 Å².